The summed E-state index contributed by atoms with van der Waals surface area (Å²) in [7, 11) is 0. The number of aryl methyl sites for hydroxylation is 3. The first kappa shape index (κ1) is 14.3. The van der Waals surface area contributed by atoms with Gasteiger partial charge >= 0.3 is 0 Å². The van der Waals surface area contributed by atoms with Crippen molar-refractivity contribution in [3.63, 3.8) is 0 Å². The Morgan fingerprint density at radius 2 is 1.52 bits per heavy atom. The Hall–Kier alpha value is -1.60. The molecule has 0 amide bonds. The minimum Gasteiger partial charge on any atom is -0.316 e. The highest BCUT2D eigenvalue weighted by Gasteiger charge is 2.27. The van der Waals surface area contributed by atoms with Crippen molar-refractivity contribution >= 4 is 0 Å². The van der Waals surface area contributed by atoms with Gasteiger partial charge in [-0.05, 0) is 50.8 Å². The van der Waals surface area contributed by atoms with Crippen LogP contribution in [0.4, 0.5) is 0 Å². The molecule has 1 aliphatic rings. The quantitative estimate of drug-likeness (QED) is 0.855. The predicted molar refractivity (Wildman–Crippen MR) is 90.1 cm³/mol. The summed E-state index contributed by atoms with van der Waals surface area (Å²) in [4.78, 5) is 0. The lowest BCUT2D eigenvalue weighted by Crippen LogP contribution is -2.34. The molecule has 1 saturated heterocycles. The Morgan fingerprint density at radius 3 is 2.24 bits per heavy atom. The molecule has 1 heterocycles. The molecular formula is C20H25N. The zero-order valence-electron chi connectivity index (χ0n) is 13.3. The molecule has 0 aromatic heterocycles. The van der Waals surface area contributed by atoms with Crippen molar-refractivity contribution in [2.45, 2.75) is 39.0 Å². The molecule has 2 aromatic rings. The van der Waals surface area contributed by atoms with E-state index in [-0.39, 0.29) is 0 Å². The van der Waals surface area contributed by atoms with Crippen molar-refractivity contribution in [2.24, 2.45) is 0 Å². The molecule has 0 aliphatic carbocycles. The summed E-state index contributed by atoms with van der Waals surface area (Å²) >= 11 is 0. The van der Waals surface area contributed by atoms with Gasteiger partial charge in [-0.1, -0.05) is 59.2 Å². The summed E-state index contributed by atoms with van der Waals surface area (Å²) in [6.07, 6.45) is 1.22. The van der Waals surface area contributed by atoms with Gasteiger partial charge in [0.15, 0.2) is 0 Å². The molecule has 1 N–H and O–H groups in total. The highest BCUT2D eigenvalue weighted by Crippen LogP contribution is 2.38. The van der Waals surface area contributed by atoms with E-state index in [4.69, 9.17) is 0 Å². The number of rotatable bonds is 2. The van der Waals surface area contributed by atoms with E-state index in [1.54, 1.807) is 0 Å². The van der Waals surface area contributed by atoms with Gasteiger partial charge in [-0.2, -0.15) is 0 Å². The third kappa shape index (κ3) is 3.19. The summed E-state index contributed by atoms with van der Waals surface area (Å²) < 4.78 is 0. The van der Waals surface area contributed by atoms with Crippen LogP contribution in [0.2, 0.25) is 0 Å². The Kier molecular flexibility index (Phi) is 4.12. The largest absolute Gasteiger partial charge is 0.316 e. The van der Waals surface area contributed by atoms with Gasteiger partial charge in [-0.15, -0.1) is 0 Å². The lowest BCUT2D eigenvalue weighted by molar-refractivity contribution is 0.404. The van der Waals surface area contributed by atoms with Crippen LogP contribution >= 0.6 is 0 Å². The molecule has 1 aliphatic heterocycles. The van der Waals surface area contributed by atoms with Crippen LogP contribution in [0.5, 0.6) is 0 Å². The van der Waals surface area contributed by atoms with Gasteiger partial charge in [0, 0.05) is 12.5 Å². The average molecular weight is 279 g/mol. The van der Waals surface area contributed by atoms with E-state index in [9.17, 15) is 0 Å². The van der Waals surface area contributed by atoms with Gasteiger partial charge in [0.1, 0.15) is 0 Å². The van der Waals surface area contributed by atoms with Crippen LogP contribution in [0, 0.1) is 20.8 Å². The van der Waals surface area contributed by atoms with Crippen LogP contribution < -0.4 is 5.32 Å². The molecule has 0 saturated carbocycles. The van der Waals surface area contributed by atoms with Gasteiger partial charge in [-0.25, -0.2) is 0 Å². The maximum atomic E-state index is 3.58. The Labute approximate surface area is 128 Å². The molecule has 2 unspecified atom stereocenters. The van der Waals surface area contributed by atoms with Gasteiger partial charge in [-0.3, -0.25) is 0 Å². The maximum Gasteiger partial charge on any atom is 0.00327 e. The lowest BCUT2D eigenvalue weighted by Gasteiger charge is -2.33. The second-order valence-electron chi connectivity index (χ2n) is 6.54. The van der Waals surface area contributed by atoms with E-state index < -0.39 is 0 Å². The average Bonchev–Trinajstić information content (AvgIpc) is 2.46. The van der Waals surface area contributed by atoms with Crippen LogP contribution in [0.1, 0.15) is 46.1 Å². The Balaban J connectivity index is 1.98. The van der Waals surface area contributed by atoms with E-state index in [2.05, 4.69) is 68.6 Å². The van der Waals surface area contributed by atoms with E-state index in [1.807, 2.05) is 0 Å². The summed E-state index contributed by atoms with van der Waals surface area (Å²) in [5.74, 6) is 1.21. The molecule has 0 radical (unpaired) electrons. The summed E-state index contributed by atoms with van der Waals surface area (Å²) in [5.41, 5.74) is 7.11. The van der Waals surface area contributed by atoms with Gasteiger partial charge < -0.3 is 5.32 Å². The molecule has 1 heteroatoms. The van der Waals surface area contributed by atoms with Crippen molar-refractivity contribution < 1.29 is 0 Å². The molecule has 21 heavy (non-hydrogen) atoms. The molecule has 1 nitrogen and oxygen atoms in total. The Morgan fingerprint density at radius 1 is 0.810 bits per heavy atom. The van der Waals surface area contributed by atoms with Gasteiger partial charge in [0.2, 0.25) is 0 Å². The molecule has 0 bridgehead atoms. The van der Waals surface area contributed by atoms with Gasteiger partial charge in [0.25, 0.3) is 0 Å². The number of benzene rings is 2. The monoisotopic (exact) mass is 279 g/mol. The number of piperidine rings is 1. The molecule has 110 valence electrons. The number of hydrogen-bond donors (Lipinski definition) is 1. The lowest BCUT2D eigenvalue weighted by atomic mass is 9.76. The number of hydrogen-bond acceptors (Lipinski definition) is 1. The fraction of sp³-hybridized carbons (Fsp3) is 0.400. The van der Waals surface area contributed by atoms with Crippen molar-refractivity contribution in [2.75, 3.05) is 13.1 Å². The predicted octanol–water partition coefficient (Wildman–Crippen LogP) is 4.47. The first-order valence-electron chi connectivity index (χ1n) is 7.99. The third-order valence-corrected chi connectivity index (χ3v) is 4.62. The van der Waals surface area contributed by atoms with Crippen LogP contribution in [-0.4, -0.2) is 13.1 Å². The molecule has 1 fully saturated rings. The number of nitrogens with one attached hydrogen (secondary N) is 1. The maximum absolute atomic E-state index is 3.58. The van der Waals surface area contributed by atoms with Crippen molar-refractivity contribution in [1.29, 1.82) is 0 Å². The molecular weight excluding hydrogens is 254 g/mol. The van der Waals surface area contributed by atoms with Crippen molar-refractivity contribution in [1.82, 2.24) is 5.32 Å². The third-order valence-electron chi connectivity index (χ3n) is 4.62. The first-order valence-corrected chi connectivity index (χ1v) is 7.99. The Bertz CT molecular complexity index is 609. The minimum atomic E-state index is 0.583. The smallest absolute Gasteiger partial charge is 0.00327 e. The second kappa shape index (κ2) is 6.03. The zero-order valence-corrected chi connectivity index (χ0v) is 13.3. The normalized spacial score (nSPS) is 22.2. The highest BCUT2D eigenvalue weighted by atomic mass is 14.9. The van der Waals surface area contributed by atoms with E-state index >= 15 is 0 Å². The summed E-state index contributed by atoms with van der Waals surface area (Å²) in [5, 5.41) is 3.58. The molecule has 3 rings (SSSR count). The van der Waals surface area contributed by atoms with E-state index in [0.29, 0.717) is 11.8 Å². The van der Waals surface area contributed by atoms with E-state index in [1.165, 1.54) is 34.2 Å². The first-order chi connectivity index (χ1) is 10.1. The van der Waals surface area contributed by atoms with Crippen molar-refractivity contribution in [3.05, 3.63) is 70.3 Å². The topological polar surface area (TPSA) is 12.0 Å². The highest BCUT2D eigenvalue weighted by molar-refractivity contribution is 5.36. The molecule has 0 spiro atoms. The van der Waals surface area contributed by atoms with Crippen LogP contribution in [-0.2, 0) is 0 Å². The van der Waals surface area contributed by atoms with E-state index in [0.717, 1.165) is 13.1 Å². The molecule has 2 aromatic carbocycles. The molecule has 2 atom stereocenters. The van der Waals surface area contributed by atoms with Crippen LogP contribution in [0.15, 0.2) is 42.5 Å². The zero-order chi connectivity index (χ0) is 14.8. The summed E-state index contributed by atoms with van der Waals surface area (Å²) in [6.45, 7) is 8.81. The second-order valence-corrected chi connectivity index (χ2v) is 6.54. The van der Waals surface area contributed by atoms with Crippen LogP contribution in [0.3, 0.4) is 0 Å². The van der Waals surface area contributed by atoms with Crippen molar-refractivity contribution in [3.8, 4) is 0 Å². The fourth-order valence-corrected chi connectivity index (χ4v) is 3.73. The fourth-order valence-electron chi connectivity index (χ4n) is 3.73. The standard InChI is InChI=1S/C20H25N/c1-14-5-4-6-17(10-14)20-13-21-8-7-19(20)18-11-15(2)9-16(3)12-18/h4-6,9-12,19-21H,7-8,13H2,1-3H3. The minimum absolute atomic E-state index is 0.583. The SMILES string of the molecule is Cc1cc(C)cc(C2CCNCC2c2cccc(C)c2)c1. The van der Waals surface area contributed by atoms with Crippen LogP contribution in [0.25, 0.3) is 0 Å². The summed E-state index contributed by atoms with van der Waals surface area (Å²) in [6, 6.07) is 16.1. The van der Waals surface area contributed by atoms with Gasteiger partial charge in [0.05, 0.1) is 0 Å².